The predicted octanol–water partition coefficient (Wildman–Crippen LogP) is 10.2. The Kier molecular flexibility index (Phi) is 5.46. The highest BCUT2D eigenvalue weighted by Crippen LogP contribution is 2.39. The summed E-state index contributed by atoms with van der Waals surface area (Å²) < 4.78 is 6.45. The molecular formula is C38H24N2O. The molecule has 0 aliphatic rings. The van der Waals surface area contributed by atoms with Gasteiger partial charge in [0.1, 0.15) is 5.69 Å². The summed E-state index contributed by atoms with van der Waals surface area (Å²) in [5.74, 6) is 1.37. The van der Waals surface area contributed by atoms with E-state index < -0.39 is 0 Å². The van der Waals surface area contributed by atoms with Gasteiger partial charge in [-0.15, -0.1) is 0 Å². The van der Waals surface area contributed by atoms with Crippen molar-refractivity contribution in [3.05, 3.63) is 146 Å². The van der Waals surface area contributed by atoms with Crippen molar-refractivity contribution in [2.75, 3.05) is 0 Å². The molecule has 0 atom stereocenters. The van der Waals surface area contributed by atoms with E-state index in [0.29, 0.717) is 5.89 Å². The minimum absolute atomic E-state index is 0.602. The van der Waals surface area contributed by atoms with E-state index in [-0.39, 0.29) is 0 Å². The summed E-state index contributed by atoms with van der Waals surface area (Å²) in [6.45, 7) is 0. The van der Waals surface area contributed by atoms with Gasteiger partial charge in [0.2, 0.25) is 5.89 Å². The van der Waals surface area contributed by atoms with Gasteiger partial charge in [0.15, 0.2) is 5.76 Å². The lowest BCUT2D eigenvalue weighted by molar-refractivity contribution is 0.589. The average Bonchev–Trinajstić information content (AvgIpc) is 3.50. The van der Waals surface area contributed by atoms with E-state index in [1.807, 2.05) is 36.4 Å². The zero-order valence-corrected chi connectivity index (χ0v) is 22.2. The lowest BCUT2D eigenvalue weighted by Crippen LogP contribution is -1.90. The van der Waals surface area contributed by atoms with Gasteiger partial charge in [0.25, 0.3) is 0 Å². The number of rotatable bonds is 4. The fraction of sp³-hybridized carbons (Fsp3) is 0. The van der Waals surface area contributed by atoms with Crippen LogP contribution in [-0.4, -0.2) is 9.97 Å². The number of oxazole rings is 1. The quantitative estimate of drug-likeness (QED) is 0.170. The second-order valence-corrected chi connectivity index (χ2v) is 10.2. The molecule has 0 saturated heterocycles. The van der Waals surface area contributed by atoms with E-state index in [9.17, 15) is 0 Å². The molecule has 2 aromatic heterocycles. The van der Waals surface area contributed by atoms with Crippen LogP contribution in [0.1, 0.15) is 0 Å². The largest absolute Gasteiger partial charge is 0.435 e. The Hall–Kier alpha value is -5.54. The first-order valence-electron chi connectivity index (χ1n) is 13.8. The summed E-state index contributed by atoms with van der Waals surface area (Å²) >= 11 is 0. The van der Waals surface area contributed by atoms with E-state index in [4.69, 9.17) is 14.4 Å². The van der Waals surface area contributed by atoms with Crippen LogP contribution < -0.4 is 0 Å². The molecule has 0 aliphatic carbocycles. The third kappa shape index (κ3) is 3.98. The van der Waals surface area contributed by atoms with Gasteiger partial charge < -0.3 is 4.42 Å². The van der Waals surface area contributed by atoms with Gasteiger partial charge in [-0.2, -0.15) is 0 Å². The number of aromatic nitrogens is 2. The Morgan fingerprint density at radius 2 is 1.05 bits per heavy atom. The van der Waals surface area contributed by atoms with Crippen LogP contribution in [-0.2, 0) is 0 Å². The van der Waals surface area contributed by atoms with Gasteiger partial charge in [0.05, 0.1) is 11.0 Å². The van der Waals surface area contributed by atoms with Gasteiger partial charge in [-0.1, -0.05) is 127 Å². The summed E-state index contributed by atoms with van der Waals surface area (Å²) in [7, 11) is 0. The first-order valence-corrected chi connectivity index (χ1v) is 13.8. The molecule has 8 rings (SSSR count). The van der Waals surface area contributed by atoms with E-state index in [1.54, 1.807) is 0 Å². The molecule has 0 unspecified atom stereocenters. The zero-order chi connectivity index (χ0) is 27.2. The maximum Gasteiger partial charge on any atom is 0.227 e. The van der Waals surface area contributed by atoms with Crippen LogP contribution in [0.4, 0.5) is 0 Å². The third-order valence-corrected chi connectivity index (χ3v) is 7.71. The Labute approximate surface area is 237 Å². The molecule has 3 nitrogen and oxygen atoms in total. The van der Waals surface area contributed by atoms with Crippen LogP contribution in [0, 0.1) is 0 Å². The average molecular weight is 525 g/mol. The lowest BCUT2D eigenvalue weighted by atomic mass is 9.93. The molecule has 2 heterocycles. The van der Waals surface area contributed by atoms with Crippen LogP contribution in [0.25, 0.3) is 77.7 Å². The molecule has 3 heteroatoms. The summed E-state index contributed by atoms with van der Waals surface area (Å²) in [5, 5.41) is 4.63. The zero-order valence-electron chi connectivity index (χ0n) is 22.2. The molecule has 0 N–H and O–H groups in total. The topological polar surface area (TPSA) is 38.9 Å². The number of hydrogen-bond donors (Lipinski definition) is 0. The number of hydrogen-bond acceptors (Lipinski definition) is 3. The summed E-state index contributed by atoms with van der Waals surface area (Å²) in [6.07, 6.45) is 0. The van der Waals surface area contributed by atoms with Crippen LogP contribution in [0.3, 0.4) is 0 Å². The first kappa shape index (κ1) is 23.4. The number of para-hydroxylation sites is 1. The lowest BCUT2D eigenvalue weighted by Gasteiger charge is -2.13. The number of benzene rings is 6. The van der Waals surface area contributed by atoms with Crippen molar-refractivity contribution < 1.29 is 4.42 Å². The SMILES string of the molecule is c1ccc(-c2nc(-c3ccc(-c4c5ccccc5nc5c4ccc4ccccc45)cc3)oc2-c2ccccc2)cc1. The van der Waals surface area contributed by atoms with Crippen molar-refractivity contribution in [2.24, 2.45) is 0 Å². The molecule has 41 heavy (non-hydrogen) atoms. The molecule has 8 aromatic rings. The summed E-state index contributed by atoms with van der Waals surface area (Å²) in [6, 6.07) is 50.2. The van der Waals surface area contributed by atoms with Crippen molar-refractivity contribution in [3.8, 4) is 45.2 Å². The predicted molar refractivity (Wildman–Crippen MR) is 169 cm³/mol. The monoisotopic (exact) mass is 524 g/mol. The molecule has 192 valence electrons. The number of pyridine rings is 1. The molecule has 0 fully saturated rings. The minimum Gasteiger partial charge on any atom is -0.435 e. The molecule has 6 aromatic carbocycles. The maximum absolute atomic E-state index is 6.45. The van der Waals surface area contributed by atoms with Crippen molar-refractivity contribution in [2.45, 2.75) is 0 Å². The molecule has 0 radical (unpaired) electrons. The van der Waals surface area contributed by atoms with Gasteiger partial charge in [0, 0.05) is 38.4 Å². The molecular weight excluding hydrogens is 500 g/mol. The van der Waals surface area contributed by atoms with Crippen molar-refractivity contribution in [3.63, 3.8) is 0 Å². The second kappa shape index (κ2) is 9.58. The number of fused-ring (bicyclic) bond motifs is 4. The van der Waals surface area contributed by atoms with Crippen LogP contribution in [0.5, 0.6) is 0 Å². The second-order valence-electron chi connectivity index (χ2n) is 10.2. The fourth-order valence-electron chi connectivity index (χ4n) is 5.74. The van der Waals surface area contributed by atoms with Crippen molar-refractivity contribution in [1.82, 2.24) is 9.97 Å². The Morgan fingerprint density at radius 1 is 0.415 bits per heavy atom. The van der Waals surface area contributed by atoms with E-state index in [0.717, 1.165) is 60.9 Å². The molecule has 0 spiro atoms. The van der Waals surface area contributed by atoms with Crippen LogP contribution in [0.15, 0.2) is 150 Å². The van der Waals surface area contributed by atoms with Crippen molar-refractivity contribution >= 4 is 32.6 Å². The van der Waals surface area contributed by atoms with E-state index in [2.05, 4.69) is 109 Å². The first-order chi connectivity index (χ1) is 20.3. The van der Waals surface area contributed by atoms with Crippen molar-refractivity contribution in [1.29, 1.82) is 0 Å². The standard InChI is InChI=1S/C38H24N2O/c1-3-12-27(13-4-1)35-37(28-14-5-2-6-15-28)41-38(40-35)29-21-19-26(20-22-29)34-31-17-9-10-18-33(31)39-36-30-16-8-7-11-25(30)23-24-32(34)36/h1-24H. The Bertz CT molecular complexity index is 2120. The molecule has 0 saturated carbocycles. The minimum atomic E-state index is 0.602. The highest BCUT2D eigenvalue weighted by atomic mass is 16.4. The van der Waals surface area contributed by atoms with E-state index >= 15 is 0 Å². The Balaban J connectivity index is 1.29. The highest BCUT2D eigenvalue weighted by molar-refractivity contribution is 6.16. The number of nitrogens with zero attached hydrogens (tertiary/aromatic N) is 2. The van der Waals surface area contributed by atoms with E-state index in [1.165, 1.54) is 10.9 Å². The van der Waals surface area contributed by atoms with Gasteiger partial charge in [-0.05, 0) is 29.1 Å². The molecule has 0 aliphatic heterocycles. The Morgan fingerprint density at radius 3 is 1.83 bits per heavy atom. The summed E-state index contributed by atoms with van der Waals surface area (Å²) in [4.78, 5) is 10.1. The van der Waals surface area contributed by atoms with Crippen LogP contribution in [0.2, 0.25) is 0 Å². The smallest absolute Gasteiger partial charge is 0.227 e. The third-order valence-electron chi connectivity index (χ3n) is 7.71. The van der Waals surface area contributed by atoms with Gasteiger partial charge in [-0.3, -0.25) is 0 Å². The fourth-order valence-corrected chi connectivity index (χ4v) is 5.74. The maximum atomic E-state index is 6.45. The normalized spacial score (nSPS) is 11.4. The van der Waals surface area contributed by atoms with Gasteiger partial charge in [-0.25, -0.2) is 9.97 Å². The highest BCUT2D eigenvalue weighted by Gasteiger charge is 2.19. The summed E-state index contributed by atoms with van der Waals surface area (Å²) in [5.41, 5.74) is 8.13. The van der Waals surface area contributed by atoms with Crippen LogP contribution >= 0.6 is 0 Å². The molecule has 0 amide bonds. The molecule has 0 bridgehead atoms. The van der Waals surface area contributed by atoms with Gasteiger partial charge >= 0.3 is 0 Å².